The summed E-state index contributed by atoms with van der Waals surface area (Å²) in [6.45, 7) is 4.53. The first-order chi connectivity index (χ1) is 11.1. The molecule has 0 fully saturated rings. The van der Waals surface area contributed by atoms with Crippen LogP contribution in [0.2, 0.25) is 5.02 Å². The minimum atomic E-state index is 0.549. The van der Waals surface area contributed by atoms with Gasteiger partial charge in [0.25, 0.3) is 0 Å². The highest BCUT2D eigenvalue weighted by Crippen LogP contribution is 2.21. The van der Waals surface area contributed by atoms with E-state index in [2.05, 4.69) is 25.3 Å². The summed E-state index contributed by atoms with van der Waals surface area (Å²) in [6.07, 6.45) is 5.16. The largest absolute Gasteiger partial charge is 0.364 e. The summed E-state index contributed by atoms with van der Waals surface area (Å²) in [5, 5.41) is 3.99. The molecule has 0 saturated carbocycles. The lowest BCUT2D eigenvalue weighted by Gasteiger charge is -2.12. The molecule has 0 spiro atoms. The average Bonchev–Trinajstić information content (AvgIpc) is 2.57. The summed E-state index contributed by atoms with van der Waals surface area (Å²) in [5.74, 6) is 1.48. The van der Waals surface area contributed by atoms with Crippen molar-refractivity contribution < 1.29 is 0 Å². The van der Waals surface area contributed by atoms with E-state index >= 15 is 0 Å². The Kier molecular flexibility index (Phi) is 4.48. The van der Waals surface area contributed by atoms with Crippen LogP contribution < -0.4 is 5.32 Å². The SMILES string of the molecule is Cc1nc(-c2ccncc2)nc(NCc2cc(Cl)ccn2)c1C. The lowest BCUT2D eigenvalue weighted by molar-refractivity contribution is 0.998. The van der Waals surface area contributed by atoms with E-state index in [1.807, 2.05) is 32.0 Å². The Bertz CT molecular complexity index is 820. The number of nitrogens with one attached hydrogen (secondary N) is 1. The molecule has 0 saturated heterocycles. The normalized spacial score (nSPS) is 10.6. The fourth-order valence-electron chi connectivity index (χ4n) is 2.15. The number of aromatic nitrogens is 4. The molecule has 0 radical (unpaired) electrons. The van der Waals surface area contributed by atoms with Crippen molar-refractivity contribution >= 4 is 17.4 Å². The van der Waals surface area contributed by atoms with Crippen LogP contribution in [0.25, 0.3) is 11.4 Å². The van der Waals surface area contributed by atoms with Gasteiger partial charge in [-0.15, -0.1) is 0 Å². The van der Waals surface area contributed by atoms with Crippen molar-refractivity contribution in [2.75, 3.05) is 5.32 Å². The topological polar surface area (TPSA) is 63.6 Å². The summed E-state index contributed by atoms with van der Waals surface area (Å²) in [6, 6.07) is 7.38. The highest BCUT2D eigenvalue weighted by atomic mass is 35.5. The molecule has 0 atom stereocenters. The maximum absolute atomic E-state index is 5.99. The van der Waals surface area contributed by atoms with Gasteiger partial charge in [-0.05, 0) is 38.1 Å². The molecule has 0 aliphatic rings. The molecule has 0 aliphatic carbocycles. The summed E-state index contributed by atoms with van der Waals surface area (Å²) in [7, 11) is 0. The van der Waals surface area contributed by atoms with Gasteiger partial charge in [-0.25, -0.2) is 9.97 Å². The first-order valence-corrected chi connectivity index (χ1v) is 7.61. The smallest absolute Gasteiger partial charge is 0.161 e. The molecule has 116 valence electrons. The second-order valence-electron chi connectivity index (χ2n) is 5.16. The van der Waals surface area contributed by atoms with Crippen LogP contribution in [-0.4, -0.2) is 19.9 Å². The molecule has 1 N–H and O–H groups in total. The molecule has 3 aromatic heterocycles. The monoisotopic (exact) mass is 325 g/mol. The van der Waals surface area contributed by atoms with E-state index in [4.69, 9.17) is 11.6 Å². The fourth-order valence-corrected chi connectivity index (χ4v) is 2.33. The third-order valence-electron chi connectivity index (χ3n) is 3.54. The minimum absolute atomic E-state index is 0.549. The van der Waals surface area contributed by atoms with Crippen LogP contribution in [0.1, 0.15) is 17.0 Å². The highest BCUT2D eigenvalue weighted by Gasteiger charge is 2.10. The van der Waals surface area contributed by atoms with E-state index in [9.17, 15) is 0 Å². The second-order valence-corrected chi connectivity index (χ2v) is 5.60. The van der Waals surface area contributed by atoms with Gasteiger partial charge in [0.15, 0.2) is 5.82 Å². The first-order valence-electron chi connectivity index (χ1n) is 7.23. The van der Waals surface area contributed by atoms with Crippen LogP contribution >= 0.6 is 11.6 Å². The number of pyridine rings is 2. The predicted octanol–water partition coefficient (Wildman–Crippen LogP) is 3.82. The quantitative estimate of drug-likeness (QED) is 0.790. The lowest BCUT2D eigenvalue weighted by atomic mass is 10.2. The van der Waals surface area contributed by atoms with Crippen molar-refractivity contribution in [2.24, 2.45) is 0 Å². The number of nitrogens with zero attached hydrogens (tertiary/aromatic N) is 4. The average molecular weight is 326 g/mol. The van der Waals surface area contributed by atoms with Gasteiger partial charge in [0.1, 0.15) is 5.82 Å². The molecule has 23 heavy (non-hydrogen) atoms. The Morgan fingerprint density at radius 3 is 2.57 bits per heavy atom. The van der Waals surface area contributed by atoms with Crippen molar-refractivity contribution in [2.45, 2.75) is 20.4 Å². The van der Waals surface area contributed by atoms with Crippen molar-refractivity contribution in [3.8, 4) is 11.4 Å². The maximum Gasteiger partial charge on any atom is 0.161 e. The van der Waals surface area contributed by atoms with Gasteiger partial charge in [-0.2, -0.15) is 0 Å². The minimum Gasteiger partial charge on any atom is -0.364 e. The zero-order valence-corrected chi connectivity index (χ0v) is 13.7. The zero-order chi connectivity index (χ0) is 16.2. The van der Waals surface area contributed by atoms with Gasteiger partial charge in [-0.1, -0.05) is 11.6 Å². The van der Waals surface area contributed by atoms with E-state index in [0.29, 0.717) is 17.4 Å². The Morgan fingerprint density at radius 2 is 1.83 bits per heavy atom. The van der Waals surface area contributed by atoms with Crippen molar-refractivity contribution in [1.82, 2.24) is 19.9 Å². The first kappa shape index (κ1) is 15.4. The zero-order valence-electron chi connectivity index (χ0n) is 12.9. The highest BCUT2D eigenvalue weighted by molar-refractivity contribution is 6.30. The molecule has 0 aromatic carbocycles. The van der Waals surface area contributed by atoms with Crippen LogP contribution in [0.3, 0.4) is 0 Å². The fraction of sp³-hybridized carbons (Fsp3) is 0.176. The number of anilines is 1. The standard InChI is InChI=1S/C17H16ClN5/c1-11-12(2)22-17(13-3-6-19-7-4-13)23-16(11)21-10-15-9-14(18)5-8-20-15/h3-9H,10H2,1-2H3,(H,21,22,23). The van der Waals surface area contributed by atoms with Gasteiger partial charge >= 0.3 is 0 Å². The van der Waals surface area contributed by atoms with Crippen LogP contribution in [0.4, 0.5) is 5.82 Å². The van der Waals surface area contributed by atoms with E-state index in [1.165, 1.54) is 0 Å². The molecule has 0 amide bonds. The Morgan fingerprint density at radius 1 is 1.04 bits per heavy atom. The van der Waals surface area contributed by atoms with Crippen LogP contribution in [0.15, 0.2) is 42.9 Å². The van der Waals surface area contributed by atoms with Crippen molar-refractivity contribution in [3.05, 3.63) is 64.8 Å². The molecule has 6 heteroatoms. The molecular weight excluding hydrogens is 310 g/mol. The van der Waals surface area contributed by atoms with Gasteiger partial charge in [0.2, 0.25) is 0 Å². The van der Waals surface area contributed by atoms with E-state index < -0.39 is 0 Å². The van der Waals surface area contributed by atoms with Crippen molar-refractivity contribution in [1.29, 1.82) is 0 Å². The molecule has 0 unspecified atom stereocenters. The van der Waals surface area contributed by atoms with Gasteiger partial charge in [-0.3, -0.25) is 9.97 Å². The van der Waals surface area contributed by atoms with Gasteiger partial charge in [0.05, 0.1) is 12.2 Å². The van der Waals surface area contributed by atoms with Crippen LogP contribution in [-0.2, 0) is 6.54 Å². The maximum atomic E-state index is 5.99. The molecular formula is C17H16ClN5. The molecule has 5 nitrogen and oxygen atoms in total. The lowest BCUT2D eigenvalue weighted by Crippen LogP contribution is -2.08. The second kappa shape index (κ2) is 6.71. The molecule has 0 bridgehead atoms. The predicted molar refractivity (Wildman–Crippen MR) is 91.3 cm³/mol. The third-order valence-corrected chi connectivity index (χ3v) is 3.78. The van der Waals surface area contributed by atoms with Gasteiger partial charge in [0, 0.05) is 40.4 Å². The number of halogens is 1. The number of rotatable bonds is 4. The van der Waals surface area contributed by atoms with Crippen LogP contribution in [0.5, 0.6) is 0 Å². The summed E-state index contributed by atoms with van der Waals surface area (Å²) in [4.78, 5) is 17.5. The summed E-state index contributed by atoms with van der Waals surface area (Å²) < 4.78 is 0. The number of hydrogen-bond donors (Lipinski definition) is 1. The Labute approximate surface area is 139 Å². The molecule has 3 heterocycles. The molecule has 3 aromatic rings. The molecule has 3 rings (SSSR count). The van der Waals surface area contributed by atoms with Crippen molar-refractivity contribution in [3.63, 3.8) is 0 Å². The number of aryl methyl sites for hydroxylation is 1. The van der Waals surface area contributed by atoms with E-state index in [0.717, 1.165) is 28.3 Å². The third kappa shape index (κ3) is 3.63. The summed E-state index contributed by atoms with van der Waals surface area (Å²) >= 11 is 5.99. The molecule has 0 aliphatic heterocycles. The van der Waals surface area contributed by atoms with Crippen LogP contribution in [0, 0.1) is 13.8 Å². The Balaban J connectivity index is 1.88. The number of hydrogen-bond acceptors (Lipinski definition) is 5. The Hall–Kier alpha value is -2.53. The van der Waals surface area contributed by atoms with E-state index in [1.54, 1.807) is 24.7 Å². The van der Waals surface area contributed by atoms with E-state index in [-0.39, 0.29) is 0 Å². The van der Waals surface area contributed by atoms with Gasteiger partial charge < -0.3 is 5.32 Å². The summed E-state index contributed by atoms with van der Waals surface area (Å²) in [5.41, 5.74) is 3.75.